The van der Waals surface area contributed by atoms with E-state index in [9.17, 15) is 4.79 Å². The predicted octanol–water partition coefficient (Wildman–Crippen LogP) is 2.44. The fourth-order valence-electron chi connectivity index (χ4n) is 2.73. The van der Waals surface area contributed by atoms with Crippen molar-refractivity contribution in [2.45, 2.75) is 45.8 Å². The summed E-state index contributed by atoms with van der Waals surface area (Å²) in [6.07, 6.45) is 1.20. The number of hydrogen-bond acceptors (Lipinski definition) is 4. The second kappa shape index (κ2) is 8.20. The molecule has 1 aliphatic rings. The molecule has 0 radical (unpaired) electrons. The molecule has 23 heavy (non-hydrogen) atoms. The molecule has 1 saturated heterocycles. The summed E-state index contributed by atoms with van der Waals surface area (Å²) in [5.74, 6) is 1.41. The molecule has 128 valence electrons. The number of rotatable bonds is 6. The van der Waals surface area contributed by atoms with Gasteiger partial charge in [0.1, 0.15) is 0 Å². The molecule has 0 spiro atoms. The molecule has 1 fully saturated rings. The highest BCUT2D eigenvalue weighted by atomic mass is 16.5. The van der Waals surface area contributed by atoms with Crippen LogP contribution >= 0.6 is 0 Å². The lowest BCUT2D eigenvalue weighted by atomic mass is 10.0. The molecule has 1 aromatic carbocycles. The molecule has 1 atom stereocenters. The van der Waals surface area contributed by atoms with Gasteiger partial charge in [0.15, 0.2) is 17.6 Å². The zero-order valence-corrected chi connectivity index (χ0v) is 14.3. The number of carbonyl (C=O) groups is 1. The van der Waals surface area contributed by atoms with Crippen molar-refractivity contribution in [2.24, 2.45) is 11.7 Å². The highest BCUT2D eigenvalue weighted by molar-refractivity contribution is 5.81. The fraction of sp³-hybridized carbons (Fsp3) is 0.611. The molecular weight excluding hydrogens is 292 g/mol. The Balaban J connectivity index is 2.11. The van der Waals surface area contributed by atoms with Crippen molar-refractivity contribution in [2.75, 3.05) is 19.7 Å². The average molecular weight is 320 g/mol. The van der Waals surface area contributed by atoms with Gasteiger partial charge in [-0.1, -0.05) is 26.0 Å². The summed E-state index contributed by atoms with van der Waals surface area (Å²) in [4.78, 5) is 14.7. The molecule has 0 aromatic heterocycles. The van der Waals surface area contributed by atoms with Crippen LogP contribution in [-0.4, -0.2) is 42.6 Å². The van der Waals surface area contributed by atoms with Crippen LogP contribution in [0.15, 0.2) is 24.3 Å². The van der Waals surface area contributed by atoms with Gasteiger partial charge in [-0.05, 0) is 37.8 Å². The van der Waals surface area contributed by atoms with Gasteiger partial charge in [0.2, 0.25) is 0 Å². The molecule has 1 unspecified atom stereocenters. The summed E-state index contributed by atoms with van der Waals surface area (Å²) in [7, 11) is 0. The van der Waals surface area contributed by atoms with Gasteiger partial charge in [-0.15, -0.1) is 0 Å². The Morgan fingerprint density at radius 3 is 2.43 bits per heavy atom. The summed E-state index contributed by atoms with van der Waals surface area (Å²) < 4.78 is 11.6. The summed E-state index contributed by atoms with van der Waals surface area (Å²) >= 11 is 0. The van der Waals surface area contributed by atoms with Gasteiger partial charge in [-0.3, -0.25) is 4.79 Å². The van der Waals surface area contributed by atoms with Gasteiger partial charge in [-0.2, -0.15) is 0 Å². The summed E-state index contributed by atoms with van der Waals surface area (Å²) in [5, 5.41) is 0. The van der Waals surface area contributed by atoms with E-state index in [2.05, 4.69) is 0 Å². The predicted molar refractivity (Wildman–Crippen MR) is 90.7 cm³/mol. The molecule has 1 aliphatic heterocycles. The monoisotopic (exact) mass is 320 g/mol. The quantitative estimate of drug-likeness (QED) is 0.874. The standard InChI is InChI=1S/C18H28N2O3/c1-4-22-15-7-5-6-8-16(15)23-17(13(2)3)18(21)20-11-9-14(19)10-12-20/h5-8,13-14,17H,4,9-12,19H2,1-3H3. The van der Waals surface area contributed by atoms with Crippen LogP contribution in [0.3, 0.4) is 0 Å². The first-order valence-electron chi connectivity index (χ1n) is 8.45. The van der Waals surface area contributed by atoms with E-state index >= 15 is 0 Å². The lowest BCUT2D eigenvalue weighted by Gasteiger charge is -2.34. The first-order chi connectivity index (χ1) is 11.0. The Morgan fingerprint density at radius 1 is 1.26 bits per heavy atom. The topological polar surface area (TPSA) is 64.8 Å². The smallest absolute Gasteiger partial charge is 0.263 e. The molecule has 1 aromatic rings. The Hall–Kier alpha value is -1.75. The summed E-state index contributed by atoms with van der Waals surface area (Å²) in [5.41, 5.74) is 5.92. The van der Waals surface area contributed by atoms with Crippen LogP contribution in [0.4, 0.5) is 0 Å². The van der Waals surface area contributed by atoms with Crippen LogP contribution in [0.1, 0.15) is 33.6 Å². The van der Waals surface area contributed by atoms with Crippen molar-refractivity contribution in [3.8, 4) is 11.5 Å². The van der Waals surface area contributed by atoms with Crippen LogP contribution < -0.4 is 15.2 Å². The van der Waals surface area contributed by atoms with E-state index < -0.39 is 6.10 Å². The van der Waals surface area contributed by atoms with Gasteiger partial charge >= 0.3 is 0 Å². The van der Waals surface area contributed by atoms with Gasteiger partial charge in [0.05, 0.1) is 6.61 Å². The van der Waals surface area contributed by atoms with E-state index in [1.807, 2.05) is 49.9 Å². The minimum Gasteiger partial charge on any atom is -0.490 e. The molecule has 1 heterocycles. The number of amides is 1. The van der Waals surface area contributed by atoms with Crippen molar-refractivity contribution in [1.82, 2.24) is 4.90 Å². The number of carbonyl (C=O) groups excluding carboxylic acids is 1. The van der Waals surface area contributed by atoms with Gasteiger partial charge in [-0.25, -0.2) is 0 Å². The van der Waals surface area contributed by atoms with Crippen LogP contribution in [0.5, 0.6) is 11.5 Å². The normalized spacial score (nSPS) is 17.2. The number of hydrogen-bond donors (Lipinski definition) is 1. The number of likely N-dealkylation sites (tertiary alicyclic amines) is 1. The third-order valence-corrected chi connectivity index (χ3v) is 4.10. The van der Waals surface area contributed by atoms with Crippen molar-refractivity contribution in [1.29, 1.82) is 0 Å². The maximum atomic E-state index is 12.8. The van der Waals surface area contributed by atoms with Gasteiger partial charge < -0.3 is 20.1 Å². The van der Waals surface area contributed by atoms with E-state index in [4.69, 9.17) is 15.2 Å². The van der Waals surface area contributed by atoms with E-state index in [1.54, 1.807) is 0 Å². The van der Waals surface area contributed by atoms with Crippen molar-refractivity contribution in [3.05, 3.63) is 24.3 Å². The molecule has 5 heteroatoms. The molecule has 0 bridgehead atoms. The summed E-state index contributed by atoms with van der Waals surface area (Å²) in [6, 6.07) is 7.70. The van der Waals surface area contributed by atoms with E-state index in [0.717, 1.165) is 12.8 Å². The average Bonchev–Trinajstić information content (AvgIpc) is 2.54. The first kappa shape index (κ1) is 17.6. The fourth-order valence-corrected chi connectivity index (χ4v) is 2.73. The van der Waals surface area contributed by atoms with Crippen LogP contribution in [-0.2, 0) is 4.79 Å². The number of para-hydroxylation sites is 2. The van der Waals surface area contributed by atoms with Gasteiger partial charge in [0.25, 0.3) is 5.91 Å². The Morgan fingerprint density at radius 2 is 1.87 bits per heavy atom. The molecule has 1 amide bonds. The number of piperidine rings is 1. The number of nitrogens with two attached hydrogens (primary N) is 1. The molecule has 0 aliphatic carbocycles. The van der Waals surface area contributed by atoms with E-state index in [0.29, 0.717) is 31.2 Å². The Labute approximate surface area is 138 Å². The Kier molecular flexibility index (Phi) is 6.28. The van der Waals surface area contributed by atoms with Crippen molar-refractivity contribution < 1.29 is 14.3 Å². The van der Waals surface area contributed by atoms with Crippen LogP contribution in [0.25, 0.3) is 0 Å². The third kappa shape index (κ3) is 4.61. The van der Waals surface area contributed by atoms with Crippen molar-refractivity contribution >= 4 is 5.91 Å². The highest BCUT2D eigenvalue weighted by Crippen LogP contribution is 2.29. The second-order valence-electron chi connectivity index (χ2n) is 6.32. The largest absolute Gasteiger partial charge is 0.490 e. The van der Waals surface area contributed by atoms with Crippen LogP contribution in [0, 0.1) is 5.92 Å². The minimum absolute atomic E-state index is 0.0400. The molecular formula is C18H28N2O3. The maximum absolute atomic E-state index is 12.8. The SMILES string of the molecule is CCOc1ccccc1OC(C(=O)N1CCC(N)CC1)C(C)C. The lowest BCUT2D eigenvalue weighted by molar-refractivity contribution is -0.141. The molecule has 5 nitrogen and oxygen atoms in total. The van der Waals surface area contributed by atoms with Gasteiger partial charge in [0, 0.05) is 19.1 Å². The molecule has 2 rings (SSSR count). The number of benzene rings is 1. The molecule has 0 saturated carbocycles. The van der Waals surface area contributed by atoms with E-state index in [-0.39, 0.29) is 17.9 Å². The first-order valence-corrected chi connectivity index (χ1v) is 8.45. The minimum atomic E-state index is -0.508. The Bertz CT molecular complexity index is 511. The van der Waals surface area contributed by atoms with Crippen molar-refractivity contribution in [3.63, 3.8) is 0 Å². The third-order valence-electron chi connectivity index (χ3n) is 4.10. The number of nitrogens with zero attached hydrogens (tertiary/aromatic N) is 1. The van der Waals surface area contributed by atoms with E-state index in [1.165, 1.54) is 0 Å². The number of ether oxygens (including phenoxy) is 2. The summed E-state index contributed by atoms with van der Waals surface area (Å²) in [6.45, 7) is 7.91. The van der Waals surface area contributed by atoms with Crippen LogP contribution in [0.2, 0.25) is 0 Å². The maximum Gasteiger partial charge on any atom is 0.263 e. The zero-order chi connectivity index (χ0) is 16.8. The second-order valence-corrected chi connectivity index (χ2v) is 6.32. The lowest BCUT2D eigenvalue weighted by Crippen LogP contribution is -2.49. The highest BCUT2D eigenvalue weighted by Gasteiger charge is 2.31. The zero-order valence-electron chi connectivity index (χ0n) is 14.3. The molecule has 2 N–H and O–H groups in total.